The highest BCUT2D eigenvalue weighted by molar-refractivity contribution is 6.34. The van der Waals surface area contributed by atoms with E-state index in [1.807, 2.05) is 0 Å². The van der Waals surface area contributed by atoms with E-state index in [1.54, 1.807) is 6.07 Å². The fourth-order valence-corrected chi connectivity index (χ4v) is 2.85. The van der Waals surface area contributed by atoms with E-state index >= 15 is 0 Å². The highest BCUT2D eigenvalue weighted by Crippen LogP contribution is 2.38. The van der Waals surface area contributed by atoms with Gasteiger partial charge in [-0.15, -0.1) is 0 Å². The molecule has 2 aromatic carbocycles. The van der Waals surface area contributed by atoms with Crippen molar-refractivity contribution >= 4 is 40.8 Å². The maximum absolute atomic E-state index is 12.6. The molecule has 1 aliphatic heterocycles. The summed E-state index contributed by atoms with van der Waals surface area (Å²) in [6.45, 7) is 0.968. The third kappa shape index (κ3) is 3.86. The fraction of sp³-hybridized carbons (Fsp3) is 0.222. The second-order valence-electron chi connectivity index (χ2n) is 5.48. The Hall–Kier alpha value is -2.44. The Balaban J connectivity index is 1.88. The van der Waals surface area contributed by atoms with Gasteiger partial charge in [-0.1, -0.05) is 23.2 Å². The molecule has 0 radical (unpaired) electrons. The van der Waals surface area contributed by atoms with Gasteiger partial charge in [0.1, 0.15) is 0 Å². The van der Waals surface area contributed by atoms with Crippen molar-refractivity contribution in [3.8, 4) is 11.5 Å². The maximum atomic E-state index is 12.6. The molecular weight excluding hydrogens is 381 g/mol. The summed E-state index contributed by atoms with van der Waals surface area (Å²) in [6, 6.07) is 7.50. The smallest absolute Gasteiger partial charge is 0.337 e. The van der Waals surface area contributed by atoms with E-state index in [4.69, 9.17) is 32.7 Å². The molecule has 0 fully saturated rings. The number of halogens is 2. The minimum atomic E-state index is -0.532. The van der Waals surface area contributed by atoms with E-state index in [1.165, 1.54) is 31.4 Å². The van der Waals surface area contributed by atoms with E-state index in [2.05, 4.69) is 10.1 Å². The molecule has 2 aromatic rings. The van der Waals surface area contributed by atoms with Gasteiger partial charge < -0.3 is 19.5 Å². The topological polar surface area (TPSA) is 73.9 Å². The second-order valence-corrected chi connectivity index (χ2v) is 6.29. The quantitative estimate of drug-likeness (QED) is 0.788. The standard InChI is InChI=1S/C18H15Cl2NO5/c1-24-18(23)10-3-4-12(19)14(8-10)21-17(22)11-7-13(20)16-15(9-11)25-5-2-6-26-16/h3-4,7-9H,2,5-6H2,1H3,(H,21,22). The minimum absolute atomic E-state index is 0.267. The zero-order valence-electron chi connectivity index (χ0n) is 13.8. The SMILES string of the molecule is COC(=O)c1ccc(Cl)c(NC(=O)c2cc(Cl)c3c(c2)OCCCO3)c1. The number of nitrogens with one attached hydrogen (secondary N) is 1. The molecule has 0 bridgehead atoms. The Kier molecular flexibility index (Phi) is 5.54. The molecule has 3 rings (SSSR count). The predicted octanol–water partition coefficient (Wildman–Crippen LogP) is 4.19. The van der Waals surface area contributed by atoms with Gasteiger partial charge >= 0.3 is 5.97 Å². The summed E-state index contributed by atoms with van der Waals surface area (Å²) in [6.07, 6.45) is 0.725. The van der Waals surface area contributed by atoms with Crippen LogP contribution in [0, 0.1) is 0 Å². The van der Waals surface area contributed by atoms with Crippen LogP contribution in [0.2, 0.25) is 10.0 Å². The Morgan fingerprint density at radius 1 is 1.04 bits per heavy atom. The van der Waals surface area contributed by atoms with Crippen LogP contribution in [0.4, 0.5) is 5.69 Å². The van der Waals surface area contributed by atoms with Crippen LogP contribution in [-0.4, -0.2) is 32.2 Å². The molecule has 1 amide bonds. The van der Waals surface area contributed by atoms with E-state index in [0.29, 0.717) is 24.7 Å². The number of amides is 1. The number of carbonyl (C=O) groups excluding carboxylic acids is 2. The minimum Gasteiger partial charge on any atom is -0.489 e. The average Bonchev–Trinajstić information content (AvgIpc) is 2.88. The third-order valence-corrected chi connectivity index (χ3v) is 4.31. The van der Waals surface area contributed by atoms with E-state index in [9.17, 15) is 9.59 Å². The zero-order chi connectivity index (χ0) is 18.7. The molecule has 0 spiro atoms. The lowest BCUT2D eigenvalue weighted by Crippen LogP contribution is -2.13. The summed E-state index contributed by atoms with van der Waals surface area (Å²) < 4.78 is 15.8. The Bertz CT molecular complexity index is 869. The van der Waals surface area contributed by atoms with Gasteiger partial charge in [-0.3, -0.25) is 4.79 Å². The molecule has 1 N–H and O–H groups in total. The fourth-order valence-electron chi connectivity index (χ4n) is 2.42. The molecule has 26 heavy (non-hydrogen) atoms. The molecule has 1 heterocycles. The van der Waals surface area contributed by atoms with Crippen LogP contribution in [0.15, 0.2) is 30.3 Å². The van der Waals surface area contributed by atoms with Crippen molar-refractivity contribution < 1.29 is 23.8 Å². The van der Waals surface area contributed by atoms with E-state index < -0.39 is 11.9 Å². The number of rotatable bonds is 3. The number of carbonyl (C=O) groups is 2. The van der Waals surface area contributed by atoms with Crippen molar-refractivity contribution in [2.75, 3.05) is 25.6 Å². The summed E-state index contributed by atoms with van der Waals surface area (Å²) in [7, 11) is 1.27. The van der Waals surface area contributed by atoms with Crippen LogP contribution in [0.1, 0.15) is 27.1 Å². The largest absolute Gasteiger partial charge is 0.489 e. The summed E-state index contributed by atoms with van der Waals surface area (Å²) >= 11 is 12.3. The van der Waals surface area contributed by atoms with Gasteiger partial charge in [-0.25, -0.2) is 4.79 Å². The number of methoxy groups -OCH3 is 1. The zero-order valence-corrected chi connectivity index (χ0v) is 15.3. The van der Waals surface area contributed by atoms with Gasteiger partial charge in [0, 0.05) is 12.0 Å². The number of fused-ring (bicyclic) bond motifs is 1. The molecule has 1 aliphatic rings. The van der Waals surface area contributed by atoms with Crippen LogP contribution in [0.3, 0.4) is 0 Å². The number of hydrogen-bond donors (Lipinski definition) is 1. The molecule has 0 saturated carbocycles. The lowest BCUT2D eigenvalue weighted by molar-refractivity contribution is 0.0600. The lowest BCUT2D eigenvalue weighted by atomic mass is 10.1. The molecule has 0 aliphatic carbocycles. The summed E-state index contributed by atoms with van der Waals surface area (Å²) in [5, 5.41) is 3.23. The third-order valence-electron chi connectivity index (χ3n) is 3.70. The maximum Gasteiger partial charge on any atom is 0.337 e. The number of esters is 1. The Morgan fingerprint density at radius 3 is 2.58 bits per heavy atom. The first-order valence-corrected chi connectivity index (χ1v) is 8.53. The van der Waals surface area contributed by atoms with E-state index in [0.717, 1.165) is 6.42 Å². The van der Waals surface area contributed by atoms with Gasteiger partial charge in [0.25, 0.3) is 5.91 Å². The first-order chi connectivity index (χ1) is 12.5. The van der Waals surface area contributed by atoms with Crippen molar-refractivity contribution in [3.63, 3.8) is 0 Å². The van der Waals surface area contributed by atoms with Crippen molar-refractivity contribution in [2.24, 2.45) is 0 Å². The molecule has 0 aromatic heterocycles. The monoisotopic (exact) mass is 395 g/mol. The van der Waals surface area contributed by atoms with Gasteiger partial charge in [0.2, 0.25) is 0 Å². The van der Waals surface area contributed by atoms with Gasteiger partial charge in [-0.2, -0.15) is 0 Å². The second kappa shape index (κ2) is 7.85. The molecule has 6 nitrogen and oxygen atoms in total. The van der Waals surface area contributed by atoms with Crippen LogP contribution in [-0.2, 0) is 4.74 Å². The van der Waals surface area contributed by atoms with Crippen molar-refractivity contribution in [2.45, 2.75) is 6.42 Å². The summed E-state index contributed by atoms with van der Waals surface area (Å²) in [5.41, 5.74) is 0.825. The first-order valence-electron chi connectivity index (χ1n) is 7.78. The molecule has 0 saturated heterocycles. The highest BCUT2D eigenvalue weighted by Gasteiger charge is 2.19. The van der Waals surface area contributed by atoms with E-state index in [-0.39, 0.29) is 26.9 Å². The van der Waals surface area contributed by atoms with Gasteiger partial charge in [0.05, 0.1) is 41.6 Å². The van der Waals surface area contributed by atoms with Crippen LogP contribution in [0.5, 0.6) is 11.5 Å². The van der Waals surface area contributed by atoms with Crippen LogP contribution < -0.4 is 14.8 Å². The molecule has 136 valence electrons. The average molecular weight is 396 g/mol. The van der Waals surface area contributed by atoms with Crippen LogP contribution >= 0.6 is 23.2 Å². The molecule has 0 unspecified atom stereocenters. The Labute approximate surface area is 159 Å². The number of benzene rings is 2. The van der Waals surface area contributed by atoms with Crippen LogP contribution in [0.25, 0.3) is 0 Å². The summed E-state index contributed by atoms with van der Waals surface area (Å²) in [5.74, 6) is -0.150. The molecular formula is C18H15Cl2NO5. The molecule has 8 heteroatoms. The van der Waals surface area contributed by atoms with Gasteiger partial charge in [-0.05, 0) is 30.3 Å². The highest BCUT2D eigenvalue weighted by atomic mass is 35.5. The van der Waals surface area contributed by atoms with Crippen molar-refractivity contribution in [3.05, 3.63) is 51.5 Å². The summed E-state index contributed by atoms with van der Waals surface area (Å²) in [4.78, 5) is 24.2. The number of anilines is 1. The van der Waals surface area contributed by atoms with Crippen molar-refractivity contribution in [1.82, 2.24) is 0 Å². The molecule has 0 atom stereocenters. The Morgan fingerprint density at radius 2 is 1.81 bits per heavy atom. The van der Waals surface area contributed by atoms with Crippen molar-refractivity contribution in [1.29, 1.82) is 0 Å². The predicted molar refractivity (Wildman–Crippen MR) is 97.8 cm³/mol. The number of hydrogen-bond acceptors (Lipinski definition) is 5. The van der Waals surface area contributed by atoms with Gasteiger partial charge in [0.15, 0.2) is 11.5 Å². The normalized spacial score (nSPS) is 12.9. The number of ether oxygens (including phenoxy) is 3. The lowest BCUT2D eigenvalue weighted by Gasteiger charge is -2.13. The first kappa shape index (κ1) is 18.4.